The number of benzene rings is 2. The zero-order valence-electron chi connectivity index (χ0n) is 25.1. The molecule has 0 aromatic heterocycles. The lowest BCUT2D eigenvalue weighted by Crippen LogP contribution is -2.52. The van der Waals surface area contributed by atoms with Gasteiger partial charge in [0.05, 0.1) is 11.3 Å². The van der Waals surface area contributed by atoms with Crippen LogP contribution in [0, 0.1) is 5.92 Å². The Hall–Kier alpha value is -2.93. The lowest BCUT2D eigenvalue weighted by atomic mass is 9.98. The molecule has 4 N–H and O–H groups in total. The first-order valence-corrected chi connectivity index (χ1v) is 16.1. The molecule has 0 radical (unpaired) electrons. The van der Waals surface area contributed by atoms with Crippen molar-refractivity contribution in [1.82, 2.24) is 19.8 Å². The van der Waals surface area contributed by atoms with E-state index in [4.69, 9.17) is 10.5 Å². The van der Waals surface area contributed by atoms with Gasteiger partial charge in [-0.3, -0.25) is 9.59 Å². The molecule has 2 atom stereocenters. The molecule has 2 aromatic carbocycles. The second kappa shape index (κ2) is 14.7. The Balaban J connectivity index is 0.00000506. The van der Waals surface area contributed by atoms with Gasteiger partial charge in [-0.2, -0.15) is 4.72 Å². The van der Waals surface area contributed by atoms with Gasteiger partial charge in [-0.25, -0.2) is 13.2 Å². The summed E-state index contributed by atoms with van der Waals surface area (Å²) >= 11 is 0. The van der Waals surface area contributed by atoms with Crippen molar-refractivity contribution < 1.29 is 27.5 Å². The number of piperidine rings is 1. The van der Waals surface area contributed by atoms with Gasteiger partial charge in [0.2, 0.25) is 21.8 Å². The van der Waals surface area contributed by atoms with Crippen molar-refractivity contribution >= 4 is 51.1 Å². The van der Waals surface area contributed by atoms with Crippen LogP contribution in [0.5, 0.6) is 0 Å². The fraction of sp³-hybridized carbons (Fsp3) is 0.567. The molecule has 43 heavy (non-hydrogen) atoms. The van der Waals surface area contributed by atoms with Gasteiger partial charge in [-0.1, -0.05) is 30.3 Å². The third-order valence-electron chi connectivity index (χ3n) is 7.42. The van der Waals surface area contributed by atoms with Crippen LogP contribution in [0.3, 0.4) is 0 Å². The predicted molar refractivity (Wildman–Crippen MR) is 167 cm³/mol. The lowest BCUT2D eigenvalue weighted by molar-refractivity contribution is -0.136. The molecule has 11 nitrogen and oxygen atoms in total. The first-order valence-electron chi connectivity index (χ1n) is 14.6. The van der Waals surface area contributed by atoms with Crippen molar-refractivity contribution in [2.75, 3.05) is 32.7 Å². The number of likely N-dealkylation sites (tertiary alicyclic amines) is 1. The van der Waals surface area contributed by atoms with E-state index in [-0.39, 0.29) is 54.9 Å². The number of hydrogen-bond donors (Lipinski definition) is 3. The number of carbonyl (C=O) groups excluding carboxylic acids is 3. The van der Waals surface area contributed by atoms with Crippen molar-refractivity contribution in [3.8, 4) is 0 Å². The van der Waals surface area contributed by atoms with Crippen molar-refractivity contribution in [1.29, 1.82) is 0 Å². The maximum Gasteiger partial charge on any atom is 0.410 e. The van der Waals surface area contributed by atoms with Crippen LogP contribution < -0.4 is 15.8 Å². The van der Waals surface area contributed by atoms with Crippen LogP contribution in [0.1, 0.15) is 52.9 Å². The molecule has 1 aliphatic heterocycles. The summed E-state index contributed by atoms with van der Waals surface area (Å²) in [6.45, 7) is 7.29. The minimum absolute atomic E-state index is 0. The smallest absolute Gasteiger partial charge is 0.410 e. The van der Waals surface area contributed by atoms with Crippen LogP contribution >= 0.6 is 12.4 Å². The number of rotatable bonds is 11. The van der Waals surface area contributed by atoms with Crippen LogP contribution in [0.15, 0.2) is 47.4 Å². The number of ether oxygens (including phenoxy) is 1. The van der Waals surface area contributed by atoms with Gasteiger partial charge >= 0.3 is 6.09 Å². The summed E-state index contributed by atoms with van der Waals surface area (Å²) < 4.78 is 34.9. The molecular formula is C30H44ClN5O6S. The van der Waals surface area contributed by atoms with Gasteiger partial charge in [0.1, 0.15) is 11.6 Å². The number of nitrogens with one attached hydrogen (secondary N) is 2. The molecule has 0 spiro atoms. The molecule has 1 saturated carbocycles. The Morgan fingerprint density at radius 2 is 1.79 bits per heavy atom. The van der Waals surface area contributed by atoms with E-state index in [2.05, 4.69) is 10.0 Å². The normalized spacial score (nSPS) is 18.0. The average molecular weight is 638 g/mol. The summed E-state index contributed by atoms with van der Waals surface area (Å²) in [5, 5.41) is 4.50. The Bertz CT molecular complexity index is 1390. The number of amides is 3. The van der Waals surface area contributed by atoms with E-state index < -0.39 is 33.5 Å². The molecule has 0 bridgehead atoms. The van der Waals surface area contributed by atoms with Crippen molar-refractivity contribution in [2.45, 2.75) is 75.5 Å². The minimum atomic E-state index is -4.13. The van der Waals surface area contributed by atoms with E-state index in [9.17, 15) is 22.8 Å². The fourth-order valence-corrected chi connectivity index (χ4v) is 6.43. The number of fused-ring (bicyclic) bond motifs is 1. The summed E-state index contributed by atoms with van der Waals surface area (Å²) in [5.41, 5.74) is 5.15. The molecular weight excluding hydrogens is 594 g/mol. The fourth-order valence-electron chi connectivity index (χ4n) is 5.21. The number of sulfonamides is 1. The van der Waals surface area contributed by atoms with E-state index in [0.29, 0.717) is 19.6 Å². The van der Waals surface area contributed by atoms with Crippen LogP contribution in [0.4, 0.5) is 4.79 Å². The number of halogens is 1. The highest BCUT2D eigenvalue weighted by Crippen LogP contribution is 2.28. The first kappa shape index (κ1) is 34.6. The average Bonchev–Trinajstić information content (AvgIpc) is 3.78. The molecule has 2 fully saturated rings. The maximum atomic E-state index is 13.6. The van der Waals surface area contributed by atoms with E-state index in [1.165, 1.54) is 6.07 Å². The third-order valence-corrected chi connectivity index (χ3v) is 8.88. The molecule has 238 valence electrons. The van der Waals surface area contributed by atoms with Crippen LogP contribution in [0.25, 0.3) is 10.8 Å². The molecule has 13 heteroatoms. The summed E-state index contributed by atoms with van der Waals surface area (Å²) in [7, 11) is -4.13. The van der Waals surface area contributed by atoms with E-state index in [1.54, 1.807) is 21.9 Å². The highest BCUT2D eigenvalue weighted by Gasteiger charge is 2.38. The van der Waals surface area contributed by atoms with Crippen molar-refractivity contribution in [2.24, 2.45) is 11.7 Å². The zero-order chi connectivity index (χ0) is 30.5. The minimum Gasteiger partial charge on any atom is -0.444 e. The zero-order valence-corrected chi connectivity index (χ0v) is 26.7. The largest absolute Gasteiger partial charge is 0.444 e. The number of nitrogens with zero attached hydrogens (tertiary/aromatic N) is 2. The Kier molecular flexibility index (Phi) is 11.8. The van der Waals surface area contributed by atoms with Gasteiger partial charge < -0.3 is 25.6 Å². The topological polar surface area (TPSA) is 151 Å². The molecule has 2 aromatic rings. The molecule has 1 heterocycles. The standard InChI is InChI=1S/C30H43N5O6S.ClH/c1-30(2,3)41-29(38)34-15-6-7-21(20-34)19-32-27(36)18-26(28(37)35(16-14-31)24-11-12-24)33-42(39,40)25-13-10-22-8-4-5-9-23(22)17-25;/h4-5,8-10,13,17,21,24,26,33H,6-7,11-12,14-16,18-20,31H2,1-3H3,(H,32,36);1H/t21-,26-;/m0./s1. The monoisotopic (exact) mass is 637 g/mol. The predicted octanol–water partition coefficient (Wildman–Crippen LogP) is 3.01. The van der Waals surface area contributed by atoms with Gasteiger partial charge in [-0.05, 0) is 75.3 Å². The van der Waals surface area contributed by atoms with Gasteiger partial charge in [-0.15, -0.1) is 12.4 Å². The number of carbonyl (C=O) groups is 3. The first-order chi connectivity index (χ1) is 19.9. The van der Waals surface area contributed by atoms with Crippen molar-refractivity contribution in [3.05, 3.63) is 42.5 Å². The highest BCUT2D eigenvalue weighted by molar-refractivity contribution is 7.89. The van der Waals surface area contributed by atoms with Gasteiger partial charge in [0, 0.05) is 38.8 Å². The second-order valence-corrected chi connectivity index (χ2v) is 13.9. The highest BCUT2D eigenvalue weighted by atomic mass is 35.5. The summed E-state index contributed by atoms with van der Waals surface area (Å²) in [6.07, 6.45) is 2.50. The van der Waals surface area contributed by atoms with E-state index >= 15 is 0 Å². The van der Waals surface area contributed by atoms with Crippen LogP contribution in [0.2, 0.25) is 0 Å². The molecule has 4 rings (SSSR count). The van der Waals surface area contributed by atoms with Crippen LogP contribution in [-0.2, 0) is 24.3 Å². The third kappa shape index (κ3) is 9.79. The van der Waals surface area contributed by atoms with Crippen LogP contribution in [-0.4, -0.2) is 86.5 Å². The number of nitrogens with two attached hydrogens (primary N) is 1. The van der Waals surface area contributed by atoms with Gasteiger partial charge in [0.15, 0.2) is 0 Å². The second-order valence-electron chi connectivity index (χ2n) is 12.2. The van der Waals surface area contributed by atoms with Gasteiger partial charge in [0.25, 0.3) is 0 Å². The molecule has 2 aliphatic rings. The number of hydrogen-bond acceptors (Lipinski definition) is 7. The lowest BCUT2D eigenvalue weighted by Gasteiger charge is -2.34. The van der Waals surface area contributed by atoms with E-state index in [1.807, 2.05) is 45.0 Å². The molecule has 1 aliphatic carbocycles. The molecule has 3 amide bonds. The summed E-state index contributed by atoms with van der Waals surface area (Å²) in [5.74, 6) is -0.900. The van der Waals surface area contributed by atoms with E-state index in [0.717, 1.165) is 36.5 Å². The summed E-state index contributed by atoms with van der Waals surface area (Å²) in [6, 6.07) is 10.8. The molecule has 1 saturated heterocycles. The SMILES string of the molecule is CC(C)(C)OC(=O)N1CCC[C@@H](CNC(=O)C[C@H](NS(=O)(=O)c2ccc3ccccc3c2)C(=O)N(CCN)C2CC2)C1.Cl. The maximum absolute atomic E-state index is 13.6. The summed E-state index contributed by atoms with van der Waals surface area (Å²) in [4.78, 5) is 42.5. The molecule has 0 unspecified atom stereocenters. The Morgan fingerprint density at radius 3 is 2.44 bits per heavy atom. The Labute approximate surface area is 260 Å². The quantitative estimate of drug-likeness (QED) is 0.343. The van der Waals surface area contributed by atoms with Crippen molar-refractivity contribution in [3.63, 3.8) is 0 Å². The Morgan fingerprint density at radius 1 is 1.09 bits per heavy atom.